The van der Waals surface area contributed by atoms with Crippen molar-refractivity contribution in [2.75, 3.05) is 46.1 Å². The first-order valence-electron chi connectivity index (χ1n) is 6.57. The van der Waals surface area contributed by atoms with Crippen LogP contribution in [0.1, 0.15) is 25.7 Å². The molecule has 0 bridgehead atoms. The summed E-state index contributed by atoms with van der Waals surface area (Å²) in [5.41, 5.74) is 0. The summed E-state index contributed by atoms with van der Waals surface area (Å²) in [6.45, 7) is 7.27. The van der Waals surface area contributed by atoms with E-state index in [2.05, 4.69) is 10.2 Å². The van der Waals surface area contributed by atoms with Crippen LogP contribution in [-0.2, 0) is 9.47 Å². The van der Waals surface area contributed by atoms with Gasteiger partial charge in [-0.25, -0.2) is 0 Å². The average Bonchev–Trinajstić information content (AvgIpc) is 2.83. The van der Waals surface area contributed by atoms with Crippen LogP contribution in [0.5, 0.6) is 0 Å². The minimum atomic E-state index is 0.362. The van der Waals surface area contributed by atoms with E-state index in [1.54, 1.807) is 0 Å². The van der Waals surface area contributed by atoms with Crippen LogP contribution in [0.3, 0.4) is 0 Å². The minimum Gasteiger partial charge on any atom is -0.355 e. The van der Waals surface area contributed by atoms with Gasteiger partial charge in [0, 0.05) is 6.54 Å². The first-order valence-corrected chi connectivity index (χ1v) is 6.57. The van der Waals surface area contributed by atoms with Gasteiger partial charge in [0.2, 0.25) is 0 Å². The molecule has 1 N–H and O–H groups in total. The van der Waals surface area contributed by atoms with Crippen LogP contribution in [0.25, 0.3) is 0 Å². The quantitative estimate of drug-likeness (QED) is 0.683. The molecule has 0 aromatic heterocycles. The highest BCUT2D eigenvalue weighted by Gasteiger charge is 2.13. The summed E-state index contributed by atoms with van der Waals surface area (Å²) >= 11 is 0. The molecule has 2 heterocycles. The van der Waals surface area contributed by atoms with Crippen molar-refractivity contribution in [1.82, 2.24) is 10.2 Å². The van der Waals surface area contributed by atoms with Gasteiger partial charge in [-0.2, -0.15) is 0 Å². The number of rotatable bonds is 6. The third-order valence-electron chi connectivity index (χ3n) is 3.37. The van der Waals surface area contributed by atoms with Crippen molar-refractivity contribution in [2.24, 2.45) is 0 Å². The third-order valence-corrected chi connectivity index (χ3v) is 3.37. The van der Waals surface area contributed by atoms with Gasteiger partial charge in [0.05, 0.1) is 12.7 Å². The molecule has 0 saturated carbocycles. The molecule has 4 heteroatoms. The van der Waals surface area contributed by atoms with E-state index in [-0.39, 0.29) is 0 Å². The average molecular weight is 228 g/mol. The second-order valence-corrected chi connectivity index (χ2v) is 4.71. The van der Waals surface area contributed by atoms with Gasteiger partial charge in [-0.1, -0.05) is 0 Å². The smallest absolute Gasteiger partial charge is 0.147 e. The molecule has 0 aliphatic carbocycles. The number of ether oxygens (including phenoxy) is 2. The molecule has 1 unspecified atom stereocenters. The number of likely N-dealkylation sites (tertiary alicyclic amines) is 1. The van der Waals surface area contributed by atoms with Gasteiger partial charge >= 0.3 is 0 Å². The van der Waals surface area contributed by atoms with E-state index < -0.39 is 0 Å². The Hall–Kier alpha value is -0.160. The summed E-state index contributed by atoms with van der Waals surface area (Å²) in [6.07, 6.45) is 5.43. The van der Waals surface area contributed by atoms with Crippen LogP contribution in [0.4, 0.5) is 0 Å². The topological polar surface area (TPSA) is 33.7 Å². The van der Waals surface area contributed by atoms with Crippen LogP contribution < -0.4 is 5.32 Å². The molecule has 2 fully saturated rings. The van der Waals surface area contributed by atoms with E-state index in [4.69, 9.17) is 9.47 Å². The molecule has 2 rings (SSSR count). The van der Waals surface area contributed by atoms with Gasteiger partial charge in [0.15, 0.2) is 0 Å². The lowest BCUT2D eigenvalue weighted by atomic mass is 10.2. The van der Waals surface area contributed by atoms with E-state index in [1.807, 2.05) is 0 Å². The molecular weight excluding hydrogens is 204 g/mol. The molecular formula is C12H24N2O2. The van der Waals surface area contributed by atoms with Gasteiger partial charge in [0.1, 0.15) is 6.79 Å². The van der Waals surface area contributed by atoms with Gasteiger partial charge in [-0.3, -0.25) is 0 Å². The molecule has 0 spiro atoms. The number of hydrogen-bond donors (Lipinski definition) is 1. The van der Waals surface area contributed by atoms with Crippen molar-refractivity contribution in [3.05, 3.63) is 0 Å². The normalized spacial score (nSPS) is 27.4. The lowest BCUT2D eigenvalue weighted by Gasteiger charge is -2.23. The van der Waals surface area contributed by atoms with E-state index in [1.165, 1.54) is 38.9 Å². The van der Waals surface area contributed by atoms with Gasteiger partial charge < -0.3 is 19.7 Å². The van der Waals surface area contributed by atoms with E-state index in [0.29, 0.717) is 12.9 Å². The summed E-state index contributed by atoms with van der Waals surface area (Å²) in [6, 6.07) is 0. The van der Waals surface area contributed by atoms with E-state index in [0.717, 1.165) is 26.1 Å². The van der Waals surface area contributed by atoms with Crippen LogP contribution >= 0.6 is 0 Å². The highest BCUT2D eigenvalue weighted by molar-refractivity contribution is 4.67. The fourth-order valence-electron chi connectivity index (χ4n) is 2.36. The Morgan fingerprint density at radius 2 is 2.12 bits per heavy atom. The Balaban J connectivity index is 1.42. The first kappa shape index (κ1) is 12.3. The van der Waals surface area contributed by atoms with Crippen LogP contribution in [-0.4, -0.2) is 57.1 Å². The highest BCUT2D eigenvalue weighted by Crippen LogP contribution is 2.07. The predicted octanol–water partition coefficient (Wildman–Crippen LogP) is 0.825. The van der Waals surface area contributed by atoms with Crippen LogP contribution in [0.15, 0.2) is 0 Å². The SMILES string of the molecule is C1CCN(CCCNCC2CCOCO2)C1. The summed E-state index contributed by atoms with van der Waals surface area (Å²) in [5.74, 6) is 0. The molecule has 0 amide bonds. The lowest BCUT2D eigenvalue weighted by molar-refractivity contribution is -0.137. The Kier molecular flexibility index (Phi) is 5.55. The molecule has 0 radical (unpaired) electrons. The fraction of sp³-hybridized carbons (Fsp3) is 1.00. The summed E-state index contributed by atoms with van der Waals surface area (Å²) < 4.78 is 10.6. The molecule has 2 aliphatic heterocycles. The Morgan fingerprint density at radius 3 is 2.88 bits per heavy atom. The van der Waals surface area contributed by atoms with Crippen LogP contribution in [0.2, 0.25) is 0 Å². The molecule has 4 nitrogen and oxygen atoms in total. The molecule has 2 aliphatic rings. The Labute approximate surface area is 98.3 Å². The van der Waals surface area contributed by atoms with Gasteiger partial charge in [0.25, 0.3) is 0 Å². The number of hydrogen-bond acceptors (Lipinski definition) is 4. The highest BCUT2D eigenvalue weighted by atomic mass is 16.7. The van der Waals surface area contributed by atoms with Crippen molar-refractivity contribution >= 4 is 0 Å². The Morgan fingerprint density at radius 1 is 1.25 bits per heavy atom. The zero-order valence-corrected chi connectivity index (χ0v) is 10.1. The van der Waals surface area contributed by atoms with Gasteiger partial charge in [-0.05, 0) is 51.9 Å². The molecule has 1 atom stereocenters. The van der Waals surface area contributed by atoms with Gasteiger partial charge in [-0.15, -0.1) is 0 Å². The molecule has 16 heavy (non-hydrogen) atoms. The van der Waals surface area contributed by atoms with Crippen LogP contribution in [0, 0.1) is 0 Å². The molecule has 0 aromatic rings. The Bertz CT molecular complexity index is 178. The number of nitrogens with one attached hydrogen (secondary N) is 1. The molecule has 0 aromatic carbocycles. The standard InChI is InChI=1S/C12H24N2O2/c1-2-7-14(6-1)8-3-5-13-10-12-4-9-15-11-16-12/h12-13H,1-11H2. The monoisotopic (exact) mass is 228 g/mol. The van der Waals surface area contributed by atoms with Crippen molar-refractivity contribution in [1.29, 1.82) is 0 Å². The summed E-state index contributed by atoms with van der Waals surface area (Å²) in [4.78, 5) is 2.56. The van der Waals surface area contributed by atoms with Crippen molar-refractivity contribution < 1.29 is 9.47 Å². The summed E-state index contributed by atoms with van der Waals surface area (Å²) in [7, 11) is 0. The zero-order valence-electron chi connectivity index (χ0n) is 10.1. The second-order valence-electron chi connectivity index (χ2n) is 4.71. The largest absolute Gasteiger partial charge is 0.355 e. The first-order chi connectivity index (χ1) is 7.95. The number of nitrogens with zero attached hydrogens (tertiary/aromatic N) is 1. The molecule has 2 saturated heterocycles. The predicted molar refractivity (Wildman–Crippen MR) is 63.5 cm³/mol. The van der Waals surface area contributed by atoms with E-state index >= 15 is 0 Å². The van der Waals surface area contributed by atoms with Crippen molar-refractivity contribution in [2.45, 2.75) is 31.8 Å². The maximum atomic E-state index is 5.46. The lowest BCUT2D eigenvalue weighted by Crippen LogP contribution is -2.35. The minimum absolute atomic E-state index is 0.362. The summed E-state index contributed by atoms with van der Waals surface area (Å²) in [5, 5.41) is 3.47. The van der Waals surface area contributed by atoms with Crippen molar-refractivity contribution in [3.63, 3.8) is 0 Å². The maximum absolute atomic E-state index is 5.46. The second kappa shape index (κ2) is 7.22. The van der Waals surface area contributed by atoms with E-state index in [9.17, 15) is 0 Å². The fourth-order valence-corrected chi connectivity index (χ4v) is 2.36. The van der Waals surface area contributed by atoms with Crippen molar-refractivity contribution in [3.8, 4) is 0 Å². The maximum Gasteiger partial charge on any atom is 0.147 e. The zero-order chi connectivity index (χ0) is 11.1. The third kappa shape index (κ3) is 4.37. The molecule has 94 valence electrons.